The second-order valence-electron chi connectivity index (χ2n) is 4.67. The van der Waals surface area contributed by atoms with Gasteiger partial charge in [0.25, 0.3) is 0 Å². The summed E-state index contributed by atoms with van der Waals surface area (Å²) >= 11 is 0. The summed E-state index contributed by atoms with van der Waals surface area (Å²) in [4.78, 5) is 0. The maximum atomic E-state index is 13.6. The van der Waals surface area contributed by atoms with E-state index < -0.39 is 5.82 Å². The zero-order valence-corrected chi connectivity index (χ0v) is 11.8. The zero-order chi connectivity index (χ0) is 14.5. The molecule has 0 aliphatic carbocycles. The highest BCUT2D eigenvalue weighted by molar-refractivity contribution is 5.61. The summed E-state index contributed by atoms with van der Waals surface area (Å²) in [6.07, 6.45) is 0.143. The predicted octanol–water partition coefficient (Wildman–Crippen LogP) is 4.37. The van der Waals surface area contributed by atoms with Crippen LogP contribution in [0.5, 0.6) is 11.5 Å². The van der Waals surface area contributed by atoms with Gasteiger partial charge < -0.3 is 14.8 Å². The Bertz CT molecular complexity index is 567. The average Bonchev–Trinajstić information content (AvgIpc) is 2.41. The van der Waals surface area contributed by atoms with Crippen molar-refractivity contribution < 1.29 is 13.9 Å². The van der Waals surface area contributed by atoms with Crippen LogP contribution in [-0.2, 0) is 0 Å². The zero-order valence-electron chi connectivity index (χ0n) is 11.8. The van der Waals surface area contributed by atoms with Crippen molar-refractivity contribution in [3.8, 4) is 11.5 Å². The Kier molecular flexibility index (Phi) is 4.45. The van der Waals surface area contributed by atoms with Crippen molar-refractivity contribution in [3.63, 3.8) is 0 Å². The van der Waals surface area contributed by atoms with Gasteiger partial charge in [0.15, 0.2) is 11.6 Å². The van der Waals surface area contributed by atoms with Crippen LogP contribution in [0.15, 0.2) is 42.5 Å². The first kappa shape index (κ1) is 14.2. The first-order chi connectivity index (χ1) is 9.58. The standard InChI is InChI=1S/C16H18FNO2/c1-11(2)20-14-7-4-12(5-8-14)18-13-6-9-16(19-3)15(17)10-13/h4-11,18H,1-3H3. The molecule has 0 atom stereocenters. The molecule has 1 N–H and O–H groups in total. The molecule has 0 radical (unpaired) electrons. The lowest BCUT2D eigenvalue weighted by atomic mass is 10.2. The third kappa shape index (κ3) is 3.63. The maximum Gasteiger partial charge on any atom is 0.167 e. The number of ether oxygens (including phenoxy) is 2. The van der Waals surface area contributed by atoms with Crippen molar-refractivity contribution in [1.29, 1.82) is 0 Å². The quantitative estimate of drug-likeness (QED) is 0.879. The number of rotatable bonds is 5. The van der Waals surface area contributed by atoms with Crippen LogP contribution in [-0.4, -0.2) is 13.2 Å². The Balaban J connectivity index is 2.08. The van der Waals surface area contributed by atoms with Crippen LogP contribution in [0.25, 0.3) is 0 Å². The molecule has 0 saturated carbocycles. The van der Waals surface area contributed by atoms with Crippen LogP contribution in [0.1, 0.15) is 13.8 Å². The minimum absolute atomic E-state index is 0.143. The second-order valence-corrected chi connectivity index (χ2v) is 4.67. The van der Waals surface area contributed by atoms with Gasteiger partial charge in [-0.05, 0) is 50.2 Å². The lowest BCUT2D eigenvalue weighted by Gasteiger charge is -2.11. The summed E-state index contributed by atoms with van der Waals surface area (Å²) < 4.78 is 24.0. The van der Waals surface area contributed by atoms with Crippen molar-refractivity contribution in [3.05, 3.63) is 48.3 Å². The monoisotopic (exact) mass is 275 g/mol. The third-order valence-electron chi connectivity index (χ3n) is 2.67. The molecular weight excluding hydrogens is 257 g/mol. The lowest BCUT2D eigenvalue weighted by Crippen LogP contribution is -2.05. The number of halogens is 1. The Hall–Kier alpha value is -2.23. The number of nitrogens with one attached hydrogen (secondary N) is 1. The minimum Gasteiger partial charge on any atom is -0.494 e. The van der Waals surface area contributed by atoms with E-state index in [0.29, 0.717) is 5.69 Å². The molecule has 0 unspecified atom stereocenters. The van der Waals surface area contributed by atoms with E-state index in [-0.39, 0.29) is 11.9 Å². The van der Waals surface area contributed by atoms with Gasteiger partial charge in [-0.2, -0.15) is 0 Å². The van der Waals surface area contributed by atoms with Crippen molar-refractivity contribution in [2.75, 3.05) is 12.4 Å². The first-order valence-electron chi connectivity index (χ1n) is 6.46. The van der Waals surface area contributed by atoms with E-state index in [9.17, 15) is 4.39 Å². The van der Waals surface area contributed by atoms with Gasteiger partial charge in [-0.1, -0.05) is 0 Å². The molecule has 0 amide bonds. The fourth-order valence-corrected chi connectivity index (χ4v) is 1.80. The van der Waals surface area contributed by atoms with Gasteiger partial charge in [0.1, 0.15) is 5.75 Å². The summed E-state index contributed by atoms with van der Waals surface area (Å²) in [5, 5.41) is 3.13. The number of methoxy groups -OCH3 is 1. The number of anilines is 2. The smallest absolute Gasteiger partial charge is 0.167 e. The topological polar surface area (TPSA) is 30.5 Å². The molecule has 0 aromatic heterocycles. The highest BCUT2D eigenvalue weighted by atomic mass is 19.1. The Labute approximate surface area is 118 Å². The molecule has 0 bridgehead atoms. The van der Waals surface area contributed by atoms with E-state index in [2.05, 4.69) is 5.32 Å². The van der Waals surface area contributed by atoms with Gasteiger partial charge in [0, 0.05) is 17.4 Å². The predicted molar refractivity (Wildman–Crippen MR) is 78.4 cm³/mol. The summed E-state index contributed by atoms with van der Waals surface area (Å²) in [5.41, 5.74) is 1.53. The van der Waals surface area contributed by atoms with E-state index in [1.807, 2.05) is 38.1 Å². The summed E-state index contributed by atoms with van der Waals surface area (Å²) in [6.45, 7) is 3.96. The van der Waals surface area contributed by atoms with E-state index in [1.54, 1.807) is 12.1 Å². The first-order valence-corrected chi connectivity index (χ1v) is 6.46. The van der Waals surface area contributed by atoms with Crippen molar-refractivity contribution in [2.24, 2.45) is 0 Å². The average molecular weight is 275 g/mol. The van der Waals surface area contributed by atoms with Gasteiger partial charge in [-0.25, -0.2) is 4.39 Å². The highest BCUT2D eigenvalue weighted by Gasteiger charge is 2.04. The highest BCUT2D eigenvalue weighted by Crippen LogP contribution is 2.24. The van der Waals surface area contributed by atoms with Crippen molar-refractivity contribution in [1.82, 2.24) is 0 Å². The molecule has 2 aromatic rings. The largest absolute Gasteiger partial charge is 0.494 e. The van der Waals surface area contributed by atoms with E-state index in [0.717, 1.165) is 11.4 Å². The molecular formula is C16H18FNO2. The van der Waals surface area contributed by atoms with Gasteiger partial charge in [-0.3, -0.25) is 0 Å². The van der Waals surface area contributed by atoms with Crippen LogP contribution in [0.4, 0.5) is 15.8 Å². The van der Waals surface area contributed by atoms with Crippen LogP contribution >= 0.6 is 0 Å². The van der Waals surface area contributed by atoms with Gasteiger partial charge >= 0.3 is 0 Å². The lowest BCUT2D eigenvalue weighted by molar-refractivity contribution is 0.242. The molecule has 0 aliphatic rings. The maximum absolute atomic E-state index is 13.6. The van der Waals surface area contributed by atoms with E-state index >= 15 is 0 Å². The molecule has 2 rings (SSSR count). The number of hydrogen-bond acceptors (Lipinski definition) is 3. The Morgan fingerprint density at radius 1 is 1.00 bits per heavy atom. The fraction of sp³-hybridized carbons (Fsp3) is 0.250. The van der Waals surface area contributed by atoms with Crippen molar-refractivity contribution >= 4 is 11.4 Å². The molecule has 0 saturated heterocycles. The van der Waals surface area contributed by atoms with Gasteiger partial charge in [-0.15, -0.1) is 0 Å². The van der Waals surface area contributed by atoms with Crippen LogP contribution in [0.3, 0.4) is 0 Å². The Morgan fingerprint density at radius 2 is 1.65 bits per heavy atom. The summed E-state index contributed by atoms with van der Waals surface area (Å²) in [6, 6.07) is 12.3. The molecule has 2 aromatic carbocycles. The summed E-state index contributed by atoms with van der Waals surface area (Å²) in [5.74, 6) is 0.653. The normalized spacial score (nSPS) is 10.4. The SMILES string of the molecule is COc1ccc(Nc2ccc(OC(C)C)cc2)cc1F. The minimum atomic E-state index is -0.391. The molecule has 0 fully saturated rings. The van der Waals surface area contributed by atoms with E-state index in [1.165, 1.54) is 13.2 Å². The molecule has 4 heteroatoms. The van der Waals surface area contributed by atoms with Gasteiger partial charge in [0.2, 0.25) is 0 Å². The molecule has 0 aliphatic heterocycles. The van der Waals surface area contributed by atoms with Crippen LogP contribution in [0, 0.1) is 5.82 Å². The molecule has 0 spiro atoms. The third-order valence-corrected chi connectivity index (χ3v) is 2.67. The van der Waals surface area contributed by atoms with E-state index in [4.69, 9.17) is 9.47 Å². The van der Waals surface area contributed by atoms with Crippen molar-refractivity contribution in [2.45, 2.75) is 20.0 Å². The molecule has 3 nitrogen and oxygen atoms in total. The van der Waals surface area contributed by atoms with Crippen LogP contribution in [0.2, 0.25) is 0 Å². The van der Waals surface area contributed by atoms with Gasteiger partial charge in [0.05, 0.1) is 13.2 Å². The molecule has 106 valence electrons. The second kappa shape index (κ2) is 6.28. The Morgan fingerprint density at radius 3 is 2.20 bits per heavy atom. The number of hydrogen-bond donors (Lipinski definition) is 1. The fourth-order valence-electron chi connectivity index (χ4n) is 1.80. The molecule has 0 heterocycles. The van der Waals surface area contributed by atoms with Crippen LogP contribution < -0.4 is 14.8 Å². The molecule has 20 heavy (non-hydrogen) atoms. The number of benzene rings is 2. The summed E-state index contributed by atoms with van der Waals surface area (Å²) in [7, 11) is 1.44.